The molecule has 2 bridgehead atoms. The molecule has 2 aromatic carbocycles. The Morgan fingerprint density at radius 3 is 2.18 bits per heavy atom. The van der Waals surface area contributed by atoms with E-state index in [1.165, 1.54) is 24.3 Å². The molecule has 49 heavy (non-hydrogen) atoms. The normalized spacial score (nSPS) is 25.1. The third-order valence-electron chi connectivity index (χ3n) is 10.9. The highest BCUT2D eigenvalue weighted by Crippen LogP contribution is 2.65. The first-order chi connectivity index (χ1) is 23.0. The first-order valence-corrected chi connectivity index (χ1v) is 19.0. The molecule has 0 aromatic heterocycles. The smallest absolute Gasteiger partial charge is 0.404 e. The van der Waals surface area contributed by atoms with Gasteiger partial charge in [-0.05, 0) is 104 Å². The Kier molecular flexibility index (Phi) is 11.0. The highest BCUT2D eigenvalue weighted by molar-refractivity contribution is 7.89. The standard InChI is InChI=1S/C36H51BN4O7S/c1-7-8-9-23-10-12-25(13-11-23)33(43)40-28(21-39-32(42)24-14-16-27(17-15-24)49(38,45)46)34(44)41-31(18-22(2)3)37-47-30-20-26-19-29(35(26,4)5)36(30,6)48-37/h10-17,22,26,28-31H,7-9,18-21H2,1-6H3,(H,39,42)(H,40,43)(H,41,44)(H2,38,45,46)/t26-,28+,29-,30-,31+,36+/m1/s1. The van der Waals surface area contributed by atoms with Gasteiger partial charge in [-0.15, -0.1) is 0 Å². The van der Waals surface area contributed by atoms with Crippen molar-refractivity contribution in [1.29, 1.82) is 0 Å². The van der Waals surface area contributed by atoms with Gasteiger partial charge in [0.25, 0.3) is 11.8 Å². The SMILES string of the molecule is CCCCc1ccc(C(=O)N[C@@H](CNC(=O)c2ccc(S(N)(=O)=O)cc2)C(=O)N[C@@H](CC(C)C)B2O[C@@H]3C[C@H]4C[C@H](C4(C)C)[C@]3(C)O2)cc1. The van der Waals surface area contributed by atoms with Crippen LogP contribution in [0.1, 0.15) is 99.9 Å². The van der Waals surface area contributed by atoms with Gasteiger partial charge in [0.15, 0.2) is 0 Å². The summed E-state index contributed by atoms with van der Waals surface area (Å²) in [5.74, 6) is -0.836. The number of carbonyl (C=O) groups excluding carboxylic acids is 3. The third kappa shape index (κ3) is 8.06. The first-order valence-electron chi connectivity index (χ1n) is 17.5. The quantitative estimate of drug-likeness (QED) is 0.217. The Bertz CT molecular complexity index is 1630. The summed E-state index contributed by atoms with van der Waals surface area (Å²) in [5, 5.41) is 13.8. The summed E-state index contributed by atoms with van der Waals surface area (Å²) < 4.78 is 36.6. The van der Waals surface area contributed by atoms with Crippen LogP contribution in [0.25, 0.3) is 0 Å². The van der Waals surface area contributed by atoms with Crippen LogP contribution in [0.5, 0.6) is 0 Å². The monoisotopic (exact) mass is 694 g/mol. The van der Waals surface area contributed by atoms with Crippen LogP contribution in [0.2, 0.25) is 0 Å². The van der Waals surface area contributed by atoms with E-state index in [1.807, 2.05) is 12.1 Å². The molecule has 1 aliphatic heterocycles. The van der Waals surface area contributed by atoms with Crippen molar-refractivity contribution >= 4 is 34.9 Å². The molecule has 6 rings (SSSR count). The molecule has 0 radical (unpaired) electrons. The highest BCUT2D eigenvalue weighted by atomic mass is 32.2. The second kappa shape index (κ2) is 14.5. The predicted octanol–water partition coefficient (Wildman–Crippen LogP) is 4.00. The maximum atomic E-state index is 14.0. The Hall–Kier alpha value is -3.26. The molecule has 266 valence electrons. The third-order valence-corrected chi connectivity index (χ3v) is 11.8. The molecule has 6 atom stereocenters. The number of hydrogen-bond acceptors (Lipinski definition) is 7. The Morgan fingerprint density at radius 1 is 0.959 bits per heavy atom. The molecule has 13 heteroatoms. The van der Waals surface area contributed by atoms with E-state index in [2.05, 4.69) is 57.5 Å². The molecule has 4 aliphatic rings. The molecular weight excluding hydrogens is 643 g/mol. The lowest BCUT2D eigenvalue weighted by atomic mass is 9.43. The van der Waals surface area contributed by atoms with Crippen molar-refractivity contribution in [3.05, 3.63) is 65.2 Å². The summed E-state index contributed by atoms with van der Waals surface area (Å²) in [5.41, 5.74) is 1.40. The zero-order valence-corrected chi connectivity index (χ0v) is 30.3. The maximum absolute atomic E-state index is 14.0. The summed E-state index contributed by atoms with van der Waals surface area (Å²) >= 11 is 0. The maximum Gasteiger partial charge on any atom is 0.481 e. The number of amides is 3. The molecule has 2 aromatic rings. The van der Waals surface area contributed by atoms with Crippen LogP contribution in [0.4, 0.5) is 0 Å². The first kappa shape index (κ1) is 37.0. The molecular formula is C36H51BN4O7S. The van der Waals surface area contributed by atoms with E-state index in [9.17, 15) is 22.8 Å². The van der Waals surface area contributed by atoms with Gasteiger partial charge in [0.1, 0.15) is 6.04 Å². The number of unbranched alkanes of at least 4 members (excludes halogenated alkanes) is 1. The lowest BCUT2D eigenvalue weighted by Crippen LogP contribution is -2.65. The van der Waals surface area contributed by atoms with Gasteiger partial charge in [0, 0.05) is 17.7 Å². The zero-order valence-electron chi connectivity index (χ0n) is 29.5. The summed E-state index contributed by atoms with van der Waals surface area (Å²) in [6, 6.07) is 11.3. The number of nitrogens with two attached hydrogens (primary N) is 1. The van der Waals surface area contributed by atoms with Crippen molar-refractivity contribution in [2.45, 2.75) is 109 Å². The van der Waals surface area contributed by atoms with E-state index in [1.54, 1.807) is 12.1 Å². The lowest BCUT2D eigenvalue weighted by Gasteiger charge is -2.64. The van der Waals surface area contributed by atoms with E-state index in [4.69, 9.17) is 14.4 Å². The van der Waals surface area contributed by atoms with Crippen LogP contribution in [-0.4, -0.2) is 63.5 Å². The average molecular weight is 695 g/mol. The van der Waals surface area contributed by atoms with E-state index in [-0.39, 0.29) is 34.4 Å². The molecule has 4 fully saturated rings. The summed E-state index contributed by atoms with van der Waals surface area (Å²) in [7, 11) is -4.58. The Labute approximate surface area is 291 Å². The summed E-state index contributed by atoms with van der Waals surface area (Å²) in [4.78, 5) is 40.4. The highest BCUT2D eigenvalue weighted by Gasteiger charge is 2.68. The topological polar surface area (TPSA) is 166 Å². The second-order valence-corrected chi connectivity index (χ2v) is 16.7. The molecule has 0 spiro atoms. The average Bonchev–Trinajstić information content (AvgIpc) is 3.42. The molecule has 11 nitrogen and oxygen atoms in total. The molecule has 1 saturated heterocycles. The van der Waals surface area contributed by atoms with Crippen LogP contribution in [0.15, 0.2) is 53.4 Å². The van der Waals surface area contributed by atoms with Gasteiger partial charge in [-0.1, -0.05) is 53.2 Å². The van der Waals surface area contributed by atoms with E-state index >= 15 is 0 Å². The van der Waals surface area contributed by atoms with Crippen LogP contribution in [0.3, 0.4) is 0 Å². The van der Waals surface area contributed by atoms with E-state index < -0.39 is 52.4 Å². The number of hydrogen-bond donors (Lipinski definition) is 4. The van der Waals surface area contributed by atoms with Crippen LogP contribution >= 0.6 is 0 Å². The minimum absolute atomic E-state index is 0.0587. The number of sulfonamides is 1. The van der Waals surface area contributed by atoms with Gasteiger partial charge in [-0.25, -0.2) is 13.6 Å². The van der Waals surface area contributed by atoms with Crippen molar-refractivity contribution < 1.29 is 32.1 Å². The van der Waals surface area contributed by atoms with E-state index in [0.717, 1.165) is 37.7 Å². The van der Waals surface area contributed by atoms with Crippen molar-refractivity contribution in [2.24, 2.45) is 28.3 Å². The predicted molar refractivity (Wildman–Crippen MR) is 188 cm³/mol. The number of carbonyl (C=O) groups is 3. The largest absolute Gasteiger partial charge is 0.481 e. The minimum atomic E-state index is -3.93. The van der Waals surface area contributed by atoms with Gasteiger partial charge in [-0.3, -0.25) is 14.4 Å². The molecule has 5 N–H and O–H groups in total. The van der Waals surface area contributed by atoms with Crippen LogP contribution < -0.4 is 21.1 Å². The Morgan fingerprint density at radius 2 is 1.59 bits per heavy atom. The van der Waals surface area contributed by atoms with Crippen molar-refractivity contribution in [3.63, 3.8) is 0 Å². The van der Waals surface area contributed by atoms with E-state index in [0.29, 0.717) is 23.8 Å². The number of aryl methyl sites for hydroxylation is 1. The van der Waals surface area contributed by atoms with Gasteiger partial charge in [-0.2, -0.15) is 0 Å². The number of benzene rings is 2. The van der Waals surface area contributed by atoms with Crippen LogP contribution in [-0.2, 0) is 30.5 Å². The summed E-state index contributed by atoms with van der Waals surface area (Å²) in [6.07, 6.45) is 5.57. The van der Waals surface area contributed by atoms with Crippen molar-refractivity contribution in [3.8, 4) is 0 Å². The number of rotatable bonds is 14. The van der Waals surface area contributed by atoms with Crippen molar-refractivity contribution in [1.82, 2.24) is 16.0 Å². The fraction of sp³-hybridized carbons (Fsp3) is 0.583. The fourth-order valence-corrected chi connectivity index (χ4v) is 8.36. The zero-order chi connectivity index (χ0) is 35.7. The lowest BCUT2D eigenvalue weighted by molar-refractivity contribution is -0.199. The Balaban J connectivity index is 1.32. The number of primary sulfonamides is 1. The fourth-order valence-electron chi connectivity index (χ4n) is 7.85. The van der Waals surface area contributed by atoms with Gasteiger partial charge in [0.05, 0.1) is 22.5 Å². The van der Waals surface area contributed by atoms with Gasteiger partial charge < -0.3 is 25.3 Å². The summed E-state index contributed by atoms with van der Waals surface area (Å²) in [6.45, 7) is 12.8. The minimum Gasteiger partial charge on any atom is -0.404 e. The molecule has 0 unspecified atom stereocenters. The van der Waals surface area contributed by atoms with Gasteiger partial charge >= 0.3 is 7.12 Å². The van der Waals surface area contributed by atoms with Crippen molar-refractivity contribution in [2.75, 3.05) is 6.54 Å². The second-order valence-electron chi connectivity index (χ2n) is 15.2. The molecule has 3 aliphatic carbocycles. The van der Waals surface area contributed by atoms with Gasteiger partial charge in [0.2, 0.25) is 15.9 Å². The molecule has 3 saturated carbocycles. The van der Waals surface area contributed by atoms with Crippen LogP contribution in [0, 0.1) is 23.2 Å². The molecule has 1 heterocycles. The number of nitrogens with one attached hydrogen (secondary N) is 3. The molecule has 3 amide bonds.